The molecule has 6 nitrogen and oxygen atoms in total. The van der Waals surface area contributed by atoms with Crippen molar-refractivity contribution in [2.75, 3.05) is 31.6 Å². The Hall–Kier alpha value is -0.870. The van der Waals surface area contributed by atoms with Crippen molar-refractivity contribution in [3.63, 3.8) is 0 Å². The third kappa shape index (κ3) is 11.0. The number of carboxylic acid groups (broad SMARTS) is 1. The van der Waals surface area contributed by atoms with Crippen molar-refractivity contribution in [2.24, 2.45) is 0 Å². The molecule has 0 radical (unpaired) electrons. The Morgan fingerprint density at radius 2 is 1.80 bits per heavy atom. The highest BCUT2D eigenvalue weighted by atomic mass is 32.2. The van der Waals surface area contributed by atoms with Crippen LogP contribution < -0.4 is 10.6 Å². The van der Waals surface area contributed by atoms with E-state index in [2.05, 4.69) is 10.6 Å². The highest BCUT2D eigenvalue weighted by Crippen LogP contribution is 2.13. The summed E-state index contributed by atoms with van der Waals surface area (Å²) in [4.78, 5) is 8.90. The highest BCUT2D eigenvalue weighted by Gasteiger charge is 2.38. The molecule has 1 fully saturated rings. The van der Waals surface area contributed by atoms with E-state index in [0.29, 0.717) is 12.6 Å². The van der Waals surface area contributed by atoms with Gasteiger partial charge in [0.2, 0.25) is 0 Å². The maximum atomic E-state index is 10.8. The zero-order valence-corrected chi connectivity index (χ0v) is 11.9. The summed E-state index contributed by atoms with van der Waals surface area (Å²) in [6, 6.07) is 0.503. The number of hydrogen-bond donors (Lipinski definition) is 3. The van der Waals surface area contributed by atoms with Gasteiger partial charge in [0.15, 0.2) is 0 Å². The number of aliphatic carboxylic acids is 1. The van der Waals surface area contributed by atoms with Crippen LogP contribution in [0.5, 0.6) is 0 Å². The van der Waals surface area contributed by atoms with E-state index in [1.54, 1.807) is 0 Å². The number of nitrogens with one attached hydrogen (secondary N) is 2. The van der Waals surface area contributed by atoms with Crippen LogP contribution in [0.3, 0.4) is 0 Å². The molecule has 0 spiro atoms. The van der Waals surface area contributed by atoms with E-state index in [1.165, 1.54) is 6.26 Å². The van der Waals surface area contributed by atoms with Gasteiger partial charge in [-0.25, -0.2) is 13.2 Å². The lowest BCUT2D eigenvalue weighted by molar-refractivity contribution is -0.192. The average Bonchev–Trinajstić information content (AvgIpc) is 2.28. The molecule has 0 aromatic heterocycles. The molecule has 10 heteroatoms. The van der Waals surface area contributed by atoms with Crippen LogP contribution in [-0.2, 0) is 14.6 Å². The fraction of sp³-hybridized carbons (Fsp3) is 0.900. The Labute approximate surface area is 115 Å². The second kappa shape index (κ2) is 8.42. The molecule has 1 saturated heterocycles. The minimum absolute atomic E-state index is 0.247. The predicted molar refractivity (Wildman–Crippen MR) is 67.3 cm³/mol. The van der Waals surface area contributed by atoms with Crippen LogP contribution in [0.4, 0.5) is 13.2 Å². The molecule has 0 unspecified atom stereocenters. The van der Waals surface area contributed by atoms with Gasteiger partial charge < -0.3 is 15.7 Å². The van der Waals surface area contributed by atoms with Crippen molar-refractivity contribution >= 4 is 15.8 Å². The zero-order chi connectivity index (χ0) is 15.8. The summed E-state index contributed by atoms with van der Waals surface area (Å²) < 4.78 is 53.4. The Balaban J connectivity index is 0.000000441. The summed E-state index contributed by atoms with van der Waals surface area (Å²) in [5.74, 6) is -2.51. The van der Waals surface area contributed by atoms with Crippen LogP contribution in [0.1, 0.15) is 12.8 Å². The van der Waals surface area contributed by atoms with Crippen molar-refractivity contribution < 1.29 is 31.5 Å². The van der Waals surface area contributed by atoms with Crippen molar-refractivity contribution in [2.45, 2.75) is 25.1 Å². The minimum atomic E-state index is -5.08. The average molecular weight is 320 g/mol. The maximum Gasteiger partial charge on any atom is 0.490 e. The van der Waals surface area contributed by atoms with Gasteiger partial charge in [-0.2, -0.15) is 13.2 Å². The fourth-order valence-corrected chi connectivity index (χ4v) is 1.96. The van der Waals surface area contributed by atoms with Gasteiger partial charge in [0.1, 0.15) is 9.84 Å². The molecule has 0 aromatic rings. The number of halogens is 3. The summed E-state index contributed by atoms with van der Waals surface area (Å²) in [7, 11) is -2.80. The second-order valence-corrected chi connectivity index (χ2v) is 6.67. The third-order valence-corrected chi connectivity index (χ3v) is 3.43. The largest absolute Gasteiger partial charge is 0.490 e. The summed E-state index contributed by atoms with van der Waals surface area (Å²) in [5.41, 5.74) is 0. The molecule has 20 heavy (non-hydrogen) atoms. The van der Waals surface area contributed by atoms with Crippen molar-refractivity contribution in [1.29, 1.82) is 0 Å². The number of piperidine rings is 1. The normalized spacial score (nSPS) is 17.2. The first-order chi connectivity index (χ1) is 9.02. The van der Waals surface area contributed by atoms with Gasteiger partial charge in [-0.1, -0.05) is 0 Å². The van der Waals surface area contributed by atoms with Gasteiger partial charge in [0, 0.05) is 18.8 Å². The van der Waals surface area contributed by atoms with Gasteiger partial charge >= 0.3 is 12.1 Å². The molecule has 0 aliphatic carbocycles. The fourth-order valence-electron chi connectivity index (χ4n) is 1.47. The molecule has 0 amide bonds. The molecule has 1 aliphatic rings. The van der Waals surface area contributed by atoms with E-state index < -0.39 is 22.0 Å². The maximum absolute atomic E-state index is 10.8. The van der Waals surface area contributed by atoms with E-state index >= 15 is 0 Å². The third-order valence-electron chi connectivity index (χ3n) is 2.49. The lowest BCUT2D eigenvalue weighted by Crippen LogP contribution is -2.41. The number of hydrogen-bond acceptors (Lipinski definition) is 5. The summed E-state index contributed by atoms with van der Waals surface area (Å²) in [6.45, 7) is 2.66. The molecular formula is C10H19F3N2O4S. The van der Waals surface area contributed by atoms with Gasteiger partial charge in [-0.15, -0.1) is 0 Å². The molecule has 1 heterocycles. The Bertz CT molecular complexity index is 392. The van der Waals surface area contributed by atoms with Gasteiger partial charge in [-0.05, 0) is 25.9 Å². The van der Waals surface area contributed by atoms with E-state index in [-0.39, 0.29) is 5.75 Å². The quantitative estimate of drug-likeness (QED) is 0.675. The van der Waals surface area contributed by atoms with Crippen molar-refractivity contribution in [1.82, 2.24) is 10.6 Å². The monoisotopic (exact) mass is 320 g/mol. The summed E-state index contributed by atoms with van der Waals surface area (Å²) in [6.07, 6.45) is -1.61. The van der Waals surface area contributed by atoms with Crippen LogP contribution in [0.15, 0.2) is 0 Å². The van der Waals surface area contributed by atoms with Gasteiger partial charge in [0.25, 0.3) is 0 Å². The second-order valence-electron chi connectivity index (χ2n) is 4.41. The number of rotatable bonds is 4. The van der Waals surface area contributed by atoms with E-state index in [0.717, 1.165) is 25.9 Å². The number of sulfone groups is 1. The van der Waals surface area contributed by atoms with Crippen LogP contribution >= 0.6 is 0 Å². The lowest BCUT2D eigenvalue weighted by atomic mass is 10.1. The Kier molecular flexibility index (Phi) is 8.06. The molecule has 1 aliphatic heterocycles. The van der Waals surface area contributed by atoms with E-state index in [1.807, 2.05) is 0 Å². The minimum Gasteiger partial charge on any atom is -0.475 e. The number of carboxylic acids is 1. The molecule has 3 N–H and O–H groups in total. The van der Waals surface area contributed by atoms with Crippen LogP contribution in [-0.4, -0.2) is 63.4 Å². The van der Waals surface area contributed by atoms with E-state index in [9.17, 15) is 21.6 Å². The zero-order valence-electron chi connectivity index (χ0n) is 11.0. The molecular weight excluding hydrogens is 301 g/mol. The van der Waals surface area contributed by atoms with Crippen molar-refractivity contribution in [3.05, 3.63) is 0 Å². The first-order valence-corrected chi connectivity index (χ1v) is 8.00. The molecule has 0 atom stereocenters. The smallest absolute Gasteiger partial charge is 0.475 e. The van der Waals surface area contributed by atoms with Crippen LogP contribution in [0.2, 0.25) is 0 Å². The number of alkyl halides is 3. The first kappa shape index (κ1) is 19.1. The Morgan fingerprint density at radius 1 is 1.35 bits per heavy atom. The van der Waals surface area contributed by atoms with Gasteiger partial charge in [-0.3, -0.25) is 0 Å². The summed E-state index contributed by atoms with van der Waals surface area (Å²) in [5, 5.41) is 13.6. The predicted octanol–water partition coefficient (Wildman–Crippen LogP) is 0.00590. The molecule has 0 aromatic carbocycles. The number of carbonyl (C=O) groups is 1. The topological polar surface area (TPSA) is 95.5 Å². The van der Waals surface area contributed by atoms with Crippen LogP contribution in [0, 0.1) is 0 Å². The SMILES string of the molecule is CS(=O)(=O)CCNC1CCNCC1.O=C(O)C(F)(F)F. The Morgan fingerprint density at radius 3 is 2.15 bits per heavy atom. The summed E-state index contributed by atoms with van der Waals surface area (Å²) >= 11 is 0. The van der Waals surface area contributed by atoms with Gasteiger partial charge in [0.05, 0.1) is 5.75 Å². The highest BCUT2D eigenvalue weighted by molar-refractivity contribution is 7.90. The van der Waals surface area contributed by atoms with Crippen molar-refractivity contribution in [3.8, 4) is 0 Å². The van der Waals surface area contributed by atoms with Crippen LogP contribution in [0.25, 0.3) is 0 Å². The molecule has 0 saturated carbocycles. The first-order valence-electron chi connectivity index (χ1n) is 5.94. The molecule has 0 bridgehead atoms. The molecule has 1 rings (SSSR count). The molecule has 120 valence electrons. The standard InChI is InChI=1S/C8H18N2O2S.C2HF3O2/c1-13(11,12)7-6-10-8-2-4-9-5-3-8;3-2(4,5)1(6)7/h8-10H,2-7H2,1H3;(H,6,7). The lowest BCUT2D eigenvalue weighted by Gasteiger charge is -2.23. The van der Waals surface area contributed by atoms with E-state index in [4.69, 9.17) is 9.90 Å².